The van der Waals surface area contributed by atoms with Crippen molar-refractivity contribution >= 4 is 17.0 Å². The third-order valence-electron chi connectivity index (χ3n) is 4.77. The molecule has 1 N–H and O–H groups in total. The van der Waals surface area contributed by atoms with Gasteiger partial charge in [-0.3, -0.25) is 0 Å². The van der Waals surface area contributed by atoms with Crippen LogP contribution in [0.5, 0.6) is 5.88 Å². The summed E-state index contributed by atoms with van der Waals surface area (Å²) >= 11 is 0. The summed E-state index contributed by atoms with van der Waals surface area (Å²) in [5, 5.41) is 10.4. The number of amides is 1. The average molecular weight is 298 g/mol. The minimum absolute atomic E-state index is 0.0572. The highest BCUT2D eigenvalue weighted by atomic mass is 16.5. The third-order valence-corrected chi connectivity index (χ3v) is 4.77. The molecule has 2 aromatic rings. The molecular weight excluding hydrogens is 280 g/mol. The molecule has 2 fully saturated rings. The first-order valence-corrected chi connectivity index (χ1v) is 7.74. The Kier molecular flexibility index (Phi) is 3.13. The van der Waals surface area contributed by atoms with Crippen molar-refractivity contribution in [2.75, 3.05) is 0 Å². The van der Waals surface area contributed by atoms with Crippen molar-refractivity contribution < 1.29 is 14.6 Å². The largest absolute Gasteiger partial charge is 0.474 e. The molecule has 114 valence electrons. The number of carbonyl (C=O) groups is 1. The maximum absolute atomic E-state index is 11.3. The van der Waals surface area contributed by atoms with E-state index in [4.69, 9.17) is 4.74 Å². The lowest BCUT2D eigenvalue weighted by Crippen LogP contribution is -2.48. The zero-order valence-corrected chi connectivity index (χ0v) is 12.2. The maximum atomic E-state index is 11.3. The van der Waals surface area contributed by atoms with E-state index in [1.807, 2.05) is 36.4 Å². The highest BCUT2D eigenvalue weighted by molar-refractivity contribution is 5.78. The number of hydrogen-bond donors (Lipinski definition) is 1. The SMILES string of the molecule is O=C(O)N1[C@@H]2CC[C@H]1CC(Oc1ccc3ccccc3n1)C2. The number of benzene rings is 1. The molecular formula is C17H18N2O3. The molecule has 0 aliphatic carbocycles. The maximum Gasteiger partial charge on any atom is 0.407 e. The fraction of sp³-hybridized carbons (Fsp3) is 0.412. The Morgan fingerprint density at radius 2 is 1.86 bits per heavy atom. The summed E-state index contributed by atoms with van der Waals surface area (Å²) in [4.78, 5) is 17.5. The van der Waals surface area contributed by atoms with Gasteiger partial charge >= 0.3 is 6.09 Å². The topological polar surface area (TPSA) is 62.7 Å². The van der Waals surface area contributed by atoms with Crippen LogP contribution in [0.3, 0.4) is 0 Å². The van der Waals surface area contributed by atoms with Crippen LogP contribution < -0.4 is 4.74 Å². The summed E-state index contributed by atoms with van der Waals surface area (Å²) < 4.78 is 6.04. The van der Waals surface area contributed by atoms with Gasteiger partial charge in [-0.25, -0.2) is 9.78 Å². The molecule has 1 aromatic carbocycles. The summed E-state index contributed by atoms with van der Waals surface area (Å²) in [6.45, 7) is 0. The lowest BCUT2D eigenvalue weighted by atomic mass is 10.0. The van der Waals surface area contributed by atoms with E-state index in [0.717, 1.165) is 36.6 Å². The number of aromatic nitrogens is 1. The second kappa shape index (κ2) is 5.16. The molecule has 5 nitrogen and oxygen atoms in total. The quantitative estimate of drug-likeness (QED) is 0.924. The van der Waals surface area contributed by atoms with Gasteiger partial charge in [-0.2, -0.15) is 0 Å². The van der Waals surface area contributed by atoms with Crippen molar-refractivity contribution in [3.63, 3.8) is 0 Å². The summed E-state index contributed by atoms with van der Waals surface area (Å²) in [5.74, 6) is 0.631. The Morgan fingerprint density at radius 3 is 2.59 bits per heavy atom. The van der Waals surface area contributed by atoms with E-state index in [0.29, 0.717) is 5.88 Å². The fourth-order valence-electron chi connectivity index (χ4n) is 3.82. The number of ether oxygens (including phenoxy) is 1. The van der Waals surface area contributed by atoms with Gasteiger partial charge in [0.25, 0.3) is 0 Å². The minimum atomic E-state index is -0.796. The van der Waals surface area contributed by atoms with Crippen molar-refractivity contribution in [1.82, 2.24) is 9.88 Å². The van der Waals surface area contributed by atoms with Gasteiger partial charge in [-0.15, -0.1) is 0 Å². The van der Waals surface area contributed by atoms with E-state index in [-0.39, 0.29) is 18.2 Å². The normalized spacial score (nSPS) is 27.1. The van der Waals surface area contributed by atoms with Crippen LogP contribution in [0.15, 0.2) is 36.4 Å². The van der Waals surface area contributed by atoms with E-state index < -0.39 is 6.09 Å². The highest BCUT2D eigenvalue weighted by Gasteiger charge is 2.44. The second-order valence-electron chi connectivity index (χ2n) is 6.13. The standard InChI is InChI=1S/C17H18N2O3/c20-17(21)19-12-6-7-13(19)10-14(9-12)22-16-8-5-11-3-1-2-4-15(11)18-16/h1-5,8,12-14H,6-7,9-10H2,(H,20,21)/t12-,13+,14?. The summed E-state index contributed by atoms with van der Waals surface area (Å²) in [5.41, 5.74) is 0.922. The molecule has 0 spiro atoms. The van der Waals surface area contributed by atoms with Crippen molar-refractivity contribution in [3.8, 4) is 5.88 Å². The van der Waals surface area contributed by atoms with Crippen LogP contribution in [0.2, 0.25) is 0 Å². The van der Waals surface area contributed by atoms with E-state index in [9.17, 15) is 9.90 Å². The van der Waals surface area contributed by atoms with E-state index in [1.54, 1.807) is 4.90 Å². The smallest absolute Gasteiger partial charge is 0.407 e. The molecule has 2 aliphatic rings. The molecule has 2 bridgehead atoms. The number of para-hydroxylation sites is 1. The molecule has 1 amide bonds. The summed E-state index contributed by atoms with van der Waals surface area (Å²) in [6.07, 6.45) is 2.68. The lowest BCUT2D eigenvalue weighted by molar-refractivity contribution is 0.0478. The first-order valence-electron chi connectivity index (χ1n) is 7.74. The van der Waals surface area contributed by atoms with Gasteiger partial charge in [0.2, 0.25) is 5.88 Å². The molecule has 0 saturated carbocycles. The monoisotopic (exact) mass is 298 g/mol. The van der Waals surface area contributed by atoms with Crippen LogP contribution in [0, 0.1) is 0 Å². The van der Waals surface area contributed by atoms with Crippen LogP contribution >= 0.6 is 0 Å². The molecule has 0 radical (unpaired) electrons. The van der Waals surface area contributed by atoms with Gasteiger partial charge in [-0.1, -0.05) is 18.2 Å². The number of pyridine rings is 1. The Hall–Kier alpha value is -2.30. The molecule has 2 saturated heterocycles. The lowest BCUT2D eigenvalue weighted by Gasteiger charge is -2.36. The number of piperidine rings is 1. The van der Waals surface area contributed by atoms with Crippen LogP contribution in [0.4, 0.5) is 4.79 Å². The van der Waals surface area contributed by atoms with Gasteiger partial charge in [0.1, 0.15) is 6.10 Å². The molecule has 22 heavy (non-hydrogen) atoms. The molecule has 3 atom stereocenters. The predicted octanol–water partition coefficient (Wildman–Crippen LogP) is 3.29. The van der Waals surface area contributed by atoms with Crippen LogP contribution in [-0.2, 0) is 0 Å². The molecule has 3 heterocycles. The third kappa shape index (κ3) is 2.26. The van der Waals surface area contributed by atoms with Crippen molar-refractivity contribution in [1.29, 1.82) is 0 Å². The van der Waals surface area contributed by atoms with E-state index >= 15 is 0 Å². The predicted molar refractivity (Wildman–Crippen MR) is 82.1 cm³/mol. The van der Waals surface area contributed by atoms with Gasteiger partial charge in [0, 0.05) is 36.4 Å². The first kappa shape index (κ1) is 13.4. The van der Waals surface area contributed by atoms with Crippen molar-refractivity contribution in [3.05, 3.63) is 36.4 Å². The average Bonchev–Trinajstić information content (AvgIpc) is 2.79. The summed E-state index contributed by atoms with van der Waals surface area (Å²) in [6, 6.07) is 12.1. The Morgan fingerprint density at radius 1 is 1.14 bits per heavy atom. The molecule has 4 rings (SSSR count). The number of fused-ring (bicyclic) bond motifs is 3. The Bertz CT molecular complexity index is 704. The number of hydrogen-bond acceptors (Lipinski definition) is 3. The van der Waals surface area contributed by atoms with E-state index in [1.165, 1.54) is 0 Å². The van der Waals surface area contributed by atoms with Gasteiger partial charge in [-0.05, 0) is 25.0 Å². The fourth-order valence-corrected chi connectivity index (χ4v) is 3.82. The zero-order chi connectivity index (χ0) is 15.1. The summed E-state index contributed by atoms with van der Waals surface area (Å²) in [7, 11) is 0. The number of nitrogens with zero attached hydrogens (tertiary/aromatic N) is 2. The van der Waals surface area contributed by atoms with Crippen LogP contribution in [-0.4, -0.2) is 39.3 Å². The first-order chi connectivity index (χ1) is 10.7. The van der Waals surface area contributed by atoms with Crippen molar-refractivity contribution in [2.24, 2.45) is 0 Å². The van der Waals surface area contributed by atoms with Crippen molar-refractivity contribution in [2.45, 2.75) is 43.9 Å². The Labute approximate surface area is 128 Å². The highest BCUT2D eigenvalue weighted by Crippen LogP contribution is 2.37. The molecule has 1 aromatic heterocycles. The molecule has 5 heteroatoms. The number of carboxylic acid groups (broad SMARTS) is 1. The zero-order valence-electron chi connectivity index (χ0n) is 12.2. The van der Waals surface area contributed by atoms with E-state index in [2.05, 4.69) is 4.98 Å². The van der Waals surface area contributed by atoms with Gasteiger partial charge in [0.15, 0.2) is 0 Å². The Balaban J connectivity index is 1.51. The van der Waals surface area contributed by atoms with Crippen LogP contribution in [0.1, 0.15) is 25.7 Å². The van der Waals surface area contributed by atoms with Crippen LogP contribution in [0.25, 0.3) is 10.9 Å². The molecule has 1 unspecified atom stereocenters. The number of rotatable bonds is 2. The molecule has 2 aliphatic heterocycles. The minimum Gasteiger partial charge on any atom is -0.474 e. The van der Waals surface area contributed by atoms with Gasteiger partial charge in [0.05, 0.1) is 5.52 Å². The van der Waals surface area contributed by atoms with Gasteiger partial charge < -0.3 is 14.7 Å². The second-order valence-corrected chi connectivity index (χ2v) is 6.13.